The molecule has 2 unspecified atom stereocenters. The second-order valence-corrected chi connectivity index (χ2v) is 5.29. The van der Waals surface area contributed by atoms with E-state index >= 15 is 0 Å². The van der Waals surface area contributed by atoms with Crippen molar-refractivity contribution in [2.24, 2.45) is 0 Å². The Labute approximate surface area is 108 Å². The van der Waals surface area contributed by atoms with Gasteiger partial charge in [-0.2, -0.15) is 0 Å². The number of hydrogen-bond acceptors (Lipinski definition) is 4. The zero-order valence-electron chi connectivity index (χ0n) is 10.7. The lowest BCUT2D eigenvalue weighted by Gasteiger charge is -2.43. The SMILES string of the molecule is Nc1cccc(CN2CCOC3CCCCC32)n1. The first-order valence-electron chi connectivity index (χ1n) is 6.90. The molecule has 2 aliphatic rings. The molecule has 1 aliphatic heterocycles. The van der Waals surface area contributed by atoms with Gasteiger partial charge in [-0.25, -0.2) is 4.98 Å². The van der Waals surface area contributed by atoms with Crippen molar-refractivity contribution < 1.29 is 4.74 Å². The summed E-state index contributed by atoms with van der Waals surface area (Å²) in [6, 6.07) is 6.46. The van der Waals surface area contributed by atoms with Crippen LogP contribution in [0.3, 0.4) is 0 Å². The number of nitrogens with zero attached hydrogens (tertiary/aromatic N) is 2. The Morgan fingerprint density at radius 3 is 3.11 bits per heavy atom. The Balaban J connectivity index is 1.71. The van der Waals surface area contributed by atoms with Crippen LogP contribution in [0.5, 0.6) is 0 Å². The maximum Gasteiger partial charge on any atom is 0.123 e. The van der Waals surface area contributed by atoms with Gasteiger partial charge in [0.2, 0.25) is 0 Å². The van der Waals surface area contributed by atoms with Crippen LogP contribution in [0, 0.1) is 0 Å². The largest absolute Gasteiger partial charge is 0.384 e. The number of anilines is 1. The van der Waals surface area contributed by atoms with Gasteiger partial charge in [-0.1, -0.05) is 18.9 Å². The first kappa shape index (κ1) is 11.9. The van der Waals surface area contributed by atoms with E-state index in [1.54, 1.807) is 0 Å². The van der Waals surface area contributed by atoms with E-state index < -0.39 is 0 Å². The van der Waals surface area contributed by atoms with Gasteiger partial charge in [0, 0.05) is 19.1 Å². The Morgan fingerprint density at radius 2 is 2.22 bits per heavy atom. The van der Waals surface area contributed by atoms with Crippen molar-refractivity contribution in [3.05, 3.63) is 23.9 Å². The molecule has 0 bridgehead atoms. The average Bonchev–Trinajstić information content (AvgIpc) is 2.39. The normalized spacial score (nSPS) is 28.9. The molecule has 3 rings (SSSR count). The van der Waals surface area contributed by atoms with E-state index in [-0.39, 0.29) is 0 Å². The molecule has 0 radical (unpaired) electrons. The van der Waals surface area contributed by atoms with Crippen molar-refractivity contribution in [3.63, 3.8) is 0 Å². The summed E-state index contributed by atoms with van der Waals surface area (Å²) < 4.78 is 5.89. The van der Waals surface area contributed by atoms with Crippen LogP contribution in [0.15, 0.2) is 18.2 Å². The molecule has 2 N–H and O–H groups in total. The minimum absolute atomic E-state index is 0.438. The molecule has 1 aromatic heterocycles. The van der Waals surface area contributed by atoms with E-state index in [0.717, 1.165) is 25.4 Å². The molecule has 98 valence electrons. The van der Waals surface area contributed by atoms with Crippen molar-refractivity contribution in [2.45, 2.75) is 44.4 Å². The summed E-state index contributed by atoms with van der Waals surface area (Å²) in [7, 11) is 0. The molecule has 18 heavy (non-hydrogen) atoms. The molecule has 4 nitrogen and oxygen atoms in total. The highest BCUT2D eigenvalue weighted by Gasteiger charge is 2.34. The second kappa shape index (κ2) is 5.24. The third kappa shape index (κ3) is 2.49. The van der Waals surface area contributed by atoms with Gasteiger partial charge in [-0.05, 0) is 25.0 Å². The lowest BCUT2D eigenvalue weighted by Crippen LogP contribution is -2.52. The third-order valence-corrected chi connectivity index (χ3v) is 4.04. The highest BCUT2D eigenvalue weighted by atomic mass is 16.5. The van der Waals surface area contributed by atoms with Crippen molar-refractivity contribution >= 4 is 5.82 Å². The van der Waals surface area contributed by atoms with Crippen LogP contribution < -0.4 is 5.73 Å². The smallest absolute Gasteiger partial charge is 0.123 e. The first-order valence-corrected chi connectivity index (χ1v) is 6.90. The van der Waals surface area contributed by atoms with Gasteiger partial charge in [-0.3, -0.25) is 4.90 Å². The highest BCUT2D eigenvalue weighted by molar-refractivity contribution is 5.28. The molecule has 1 aliphatic carbocycles. The van der Waals surface area contributed by atoms with Gasteiger partial charge in [0.25, 0.3) is 0 Å². The first-order chi connectivity index (χ1) is 8.83. The maximum atomic E-state index is 5.89. The summed E-state index contributed by atoms with van der Waals surface area (Å²) in [4.78, 5) is 6.92. The number of fused-ring (bicyclic) bond motifs is 1. The molecule has 0 aromatic carbocycles. The number of rotatable bonds is 2. The number of nitrogen functional groups attached to an aromatic ring is 1. The van der Waals surface area contributed by atoms with Crippen LogP contribution in [-0.2, 0) is 11.3 Å². The monoisotopic (exact) mass is 247 g/mol. The fourth-order valence-electron chi connectivity index (χ4n) is 3.17. The number of pyridine rings is 1. The van der Waals surface area contributed by atoms with Gasteiger partial charge in [0.1, 0.15) is 5.82 Å². The summed E-state index contributed by atoms with van der Waals surface area (Å²) in [6.07, 6.45) is 5.55. The number of ether oxygens (including phenoxy) is 1. The molecule has 1 aromatic rings. The minimum atomic E-state index is 0.438. The van der Waals surface area contributed by atoms with Crippen molar-refractivity contribution in [2.75, 3.05) is 18.9 Å². The summed E-state index contributed by atoms with van der Waals surface area (Å²) in [5, 5.41) is 0. The number of aromatic nitrogens is 1. The molecule has 2 fully saturated rings. The van der Waals surface area contributed by atoms with E-state index in [1.165, 1.54) is 25.7 Å². The fraction of sp³-hybridized carbons (Fsp3) is 0.643. The summed E-state index contributed by atoms with van der Waals surface area (Å²) in [6.45, 7) is 2.76. The average molecular weight is 247 g/mol. The van der Waals surface area contributed by atoms with E-state index in [1.807, 2.05) is 12.1 Å². The van der Waals surface area contributed by atoms with Crippen LogP contribution in [0.1, 0.15) is 31.4 Å². The molecule has 0 spiro atoms. The number of morpholine rings is 1. The second-order valence-electron chi connectivity index (χ2n) is 5.29. The fourth-order valence-corrected chi connectivity index (χ4v) is 3.17. The van der Waals surface area contributed by atoms with Gasteiger partial charge >= 0.3 is 0 Å². The predicted molar refractivity (Wildman–Crippen MR) is 71.1 cm³/mol. The Morgan fingerprint density at radius 1 is 1.33 bits per heavy atom. The van der Waals surface area contributed by atoms with Crippen LogP contribution in [0.25, 0.3) is 0 Å². The zero-order chi connectivity index (χ0) is 12.4. The quantitative estimate of drug-likeness (QED) is 0.866. The van der Waals surface area contributed by atoms with Crippen LogP contribution in [0.4, 0.5) is 5.82 Å². The molecule has 2 atom stereocenters. The topological polar surface area (TPSA) is 51.4 Å². The van der Waals surface area contributed by atoms with Crippen LogP contribution in [-0.4, -0.2) is 35.2 Å². The maximum absolute atomic E-state index is 5.89. The lowest BCUT2D eigenvalue weighted by molar-refractivity contribution is -0.0914. The minimum Gasteiger partial charge on any atom is -0.384 e. The van der Waals surface area contributed by atoms with E-state index in [0.29, 0.717) is 18.0 Å². The lowest BCUT2D eigenvalue weighted by atomic mass is 9.90. The number of nitrogens with two attached hydrogens (primary N) is 1. The molecule has 1 saturated heterocycles. The molecule has 4 heteroatoms. The van der Waals surface area contributed by atoms with Crippen LogP contribution in [0.2, 0.25) is 0 Å². The van der Waals surface area contributed by atoms with E-state index in [2.05, 4.69) is 16.0 Å². The predicted octanol–water partition coefficient (Wildman–Crippen LogP) is 1.81. The van der Waals surface area contributed by atoms with Crippen molar-refractivity contribution in [1.82, 2.24) is 9.88 Å². The molecular weight excluding hydrogens is 226 g/mol. The molecular formula is C14H21N3O. The summed E-state index contributed by atoms with van der Waals surface area (Å²) in [5.74, 6) is 0.612. The van der Waals surface area contributed by atoms with Gasteiger partial charge in [0.15, 0.2) is 0 Å². The van der Waals surface area contributed by atoms with Gasteiger partial charge in [-0.15, -0.1) is 0 Å². The highest BCUT2D eigenvalue weighted by Crippen LogP contribution is 2.29. The van der Waals surface area contributed by atoms with E-state index in [4.69, 9.17) is 10.5 Å². The summed E-state index contributed by atoms with van der Waals surface area (Å²) in [5.41, 5.74) is 6.81. The van der Waals surface area contributed by atoms with Crippen LogP contribution >= 0.6 is 0 Å². The zero-order valence-corrected chi connectivity index (χ0v) is 10.7. The van der Waals surface area contributed by atoms with Crippen molar-refractivity contribution in [1.29, 1.82) is 0 Å². The third-order valence-electron chi connectivity index (χ3n) is 4.04. The van der Waals surface area contributed by atoms with Gasteiger partial charge < -0.3 is 10.5 Å². The van der Waals surface area contributed by atoms with Gasteiger partial charge in [0.05, 0.1) is 18.4 Å². The Hall–Kier alpha value is -1.13. The van der Waals surface area contributed by atoms with E-state index in [9.17, 15) is 0 Å². The molecule has 2 heterocycles. The Kier molecular flexibility index (Phi) is 3.48. The van der Waals surface area contributed by atoms with Crippen molar-refractivity contribution in [3.8, 4) is 0 Å². The molecule has 0 amide bonds. The summed E-state index contributed by atoms with van der Waals surface area (Å²) >= 11 is 0. The molecule has 1 saturated carbocycles. The Bertz CT molecular complexity index is 408. The number of hydrogen-bond donors (Lipinski definition) is 1. The standard InChI is InChI=1S/C14H21N3O/c15-14-7-3-4-11(16-14)10-17-8-9-18-13-6-2-1-5-12(13)17/h3-4,7,12-13H,1-2,5-6,8-10H2,(H2,15,16).